The van der Waals surface area contributed by atoms with E-state index in [9.17, 15) is 0 Å². The van der Waals surface area contributed by atoms with Crippen LogP contribution in [-0.4, -0.2) is 27.4 Å². The minimum atomic E-state index is 0.505. The molecule has 2 aromatic rings. The molecule has 5 heteroatoms. The smallest absolute Gasteiger partial charge is 0.230 e. The maximum Gasteiger partial charge on any atom is 0.230 e. The van der Waals surface area contributed by atoms with Crippen LogP contribution in [0.3, 0.4) is 0 Å². The summed E-state index contributed by atoms with van der Waals surface area (Å²) in [4.78, 5) is 2.38. The monoisotopic (exact) mass is 288 g/mol. The minimum absolute atomic E-state index is 0.505. The van der Waals surface area contributed by atoms with Gasteiger partial charge in [-0.25, -0.2) is 5.10 Å². The first-order valence-corrected chi connectivity index (χ1v) is 7.67. The van der Waals surface area contributed by atoms with Gasteiger partial charge >= 0.3 is 0 Å². The van der Waals surface area contributed by atoms with E-state index in [1.807, 2.05) is 22.8 Å². The molecule has 1 atom stereocenters. The van der Waals surface area contributed by atoms with Gasteiger partial charge in [0, 0.05) is 12.6 Å². The first kappa shape index (κ1) is 13.4. The highest BCUT2D eigenvalue weighted by Crippen LogP contribution is 2.25. The Morgan fingerprint density at radius 3 is 2.80 bits per heavy atom. The van der Waals surface area contributed by atoms with Crippen molar-refractivity contribution in [2.45, 2.75) is 38.6 Å². The van der Waals surface area contributed by atoms with Crippen LogP contribution in [0, 0.1) is 4.77 Å². The Kier molecular flexibility index (Phi) is 3.87. The molecule has 0 saturated carbocycles. The molecule has 1 unspecified atom stereocenters. The van der Waals surface area contributed by atoms with Gasteiger partial charge < -0.3 is 4.90 Å². The topological polar surface area (TPSA) is 36.9 Å². The normalized spacial score (nSPS) is 19.9. The lowest BCUT2D eigenvalue weighted by molar-refractivity contribution is 0.601. The predicted molar refractivity (Wildman–Crippen MR) is 84.0 cm³/mol. The van der Waals surface area contributed by atoms with Gasteiger partial charge in [0.25, 0.3) is 0 Å². The van der Waals surface area contributed by atoms with Crippen LogP contribution in [0.15, 0.2) is 30.3 Å². The molecule has 1 aromatic carbocycles. The zero-order chi connectivity index (χ0) is 13.9. The van der Waals surface area contributed by atoms with Crippen LogP contribution < -0.4 is 4.90 Å². The summed E-state index contributed by atoms with van der Waals surface area (Å²) in [6, 6.07) is 10.7. The van der Waals surface area contributed by atoms with E-state index < -0.39 is 0 Å². The van der Waals surface area contributed by atoms with Gasteiger partial charge in [0.05, 0.1) is 5.69 Å². The summed E-state index contributed by atoms with van der Waals surface area (Å²) in [5.41, 5.74) is 1.07. The summed E-state index contributed by atoms with van der Waals surface area (Å²) in [6.45, 7) is 3.33. The third-order valence-electron chi connectivity index (χ3n) is 3.98. The molecule has 4 nitrogen and oxygen atoms in total. The number of nitrogens with zero attached hydrogens (tertiary/aromatic N) is 3. The molecule has 20 heavy (non-hydrogen) atoms. The molecule has 1 N–H and O–H groups in total. The summed E-state index contributed by atoms with van der Waals surface area (Å²) in [6.07, 6.45) is 5.04. The molecular weight excluding hydrogens is 268 g/mol. The van der Waals surface area contributed by atoms with E-state index in [1.165, 1.54) is 25.7 Å². The predicted octanol–water partition coefficient (Wildman–Crippen LogP) is 3.70. The van der Waals surface area contributed by atoms with Crippen LogP contribution in [0.1, 0.15) is 32.6 Å². The highest BCUT2D eigenvalue weighted by molar-refractivity contribution is 7.71. The van der Waals surface area contributed by atoms with E-state index in [4.69, 9.17) is 12.2 Å². The summed E-state index contributed by atoms with van der Waals surface area (Å²) in [5, 5.41) is 7.43. The SMILES string of the molecule is CC1CCCCCN1c1n[nH]c(=S)n1-c1ccccc1. The molecule has 0 radical (unpaired) electrons. The molecule has 0 aliphatic carbocycles. The van der Waals surface area contributed by atoms with Gasteiger partial charge in [-0.3, -0.25) is 4.57 Å². The molecule has 106 valence electrons. The molecule has 0 bridgehead atoms. The van der Waals surface area contributed by atoms with Gasteiger partial charge in [0.1, 0.15) is 0 Å². The van der Waals surface area contributed by atoms with Crippen LogP contribution in [0.4, 0.5) is 5.95 Å². The Balaban J connectivity index is 2.04. The number of aromatic nitrogens is 3. The fourth-order valence-electron chi connectivity index (χ4n) is 2.86. The quantitative estimate of drug-likeness (QED) is 0.856. The van der Waals surface area contributed by atoms with Crippen LogP contribution in [-0.2, 0) is 0 Å². The molecule has 3 rings (SSSR count). The Bertz CT molecular complexity index is 616. The number of hydrogen-bond donors (Lipinski definition) is 1. The van der Waals surface area contributed by atoms with Crippen molar-refractivity contribution < 1.29 is 0 Å². The lowest BCUT2D eigenvalue weighted by atomic mass is 10.1. The number of para-hydroxylation sites is 1. The fourth-order valence-corrected chi connectivity index (χ4v) is 3.10. The van der Waals surface area contributed by atoms with Crippen LogP contribution in [0.5, 0.6) is 0 Å². The van der Waals surface area contributed by atoms with Crippen molar-refractivity contribution in [1.82, 2.24) is 14.8 Å². The largest absolute Gasteiger partial charge is 0.338 e. The summed E-state index contributed by atoms with van der Waals surface area (Å²) < 4.78 is 2.69. The molecule has 1 aromatic heterocycles. The number of rotatable bonds is 2. The van der Waals surface area contributed by atoms with Gasteiger partial charge in [-0.2, -0.15) is 0 Å². The lowest BCUT2D eigenvalue weighted by Gasteiger charge is -2.28. The number of H-pyrrole nitrogens is 1. The van der Waals surface area contributed by atoms with Crippen LogP contribution in [0.2, 0.25) is 0 Å². The molecular formula is C15H20N4S. The van der Waals surface area contributed by atoms with Crippen molar-refractivity contribution >= 4 is 18.2 Å². The molecule has 1 saturated heterocycles. The lowest BCUT2D eigenvalue weighted by Crippen LogP contribution is -2.34. The molecule has 2 heterocycles. The maximum atomic E-state index is 5.41. The van der Waals surface area contributed by atoms with Crippen molar-refractivity contribution in [1.29, 1.82) is 0 Å². The summed E-state index contributed by atoms with van der Waals surface area (Å²) >= 11 is 5.41. The first-order valence-electron chi connectivity index (χ1n) is 7.27. The summed E-state index contributed by atoms with van der Waals surface area (Å²) in [5.74, 6) is 0.940. The first-order chi connectivity index (χ1) is 9.77. The van der Waals surface area contributed by atoms with Crippen molar-refractivity contribution in [3.63, 3.8) is 0 Å². The van der Waals surface area contributed by atoms with E-state index in [2.05, 4.69) is 34.2 Å². The van der Waals surface area contributed by atoms with Gasteiger partial charge in [-0.1, -0.05) is 31.0 Å². The second-order valence-electron chi connectivity index (χ2n) is 5.39. The number of anilines is 1. The molecule has 0 amide bonds. The molecule has 0 spiro atoms. The Morgan fingerprint density at radius 1 is 1.20 bits per heavy atom. The minimum Gasteiger partial charge on any atom is -0.338 e. The Hall–Kier alpha value is -1.62. The maximum absolute atomic E-state index is 5.41. The number of hydrogen-bond acceptors (Lipinski definition) is 3. The molecule has 1 aliphatic rings. The van der Waals surface area contributed by atoms with E-state index in [-0.39, 0.29) is 0 Å². The van der Waals surface area contributed by atoms with Gasteiger partial charge in [0.2, 0.25) is 10.7 Å². The number of nitrogens with one attached hydrogen (secondary N) is 1. The summed E-state index contributed by atoms with van der Waals surface area (Å²) in [7, 11) is 0. The van der Waals surface area contributed by atoms with Crippen LogP contribution >= 0.6 is 12.2 Å². The number of benzene rings is 1. The third kappa shape index (κ3) is 2.50. The van der Waals surface area contributed by atoms with Gasteiger partial charge in [-0.05, 0) is 44.1 Å². The van der Waals surface area contributed by atoms with E-state index in [1.54, 1.807) is 0 Å². The number of aromatic amines is 1. The van der Waals surface area contributed by atoms with Crippen molar-refractivity contribution in [2.75, 3.05) is 11.4 Å². The van der Waals surface area contributed by atoms with Crippen molar-refractivity contribution in [2.24, 2.45) is 0 Å². The highest BCUT2D eigenvalue weighted by Gasteiger charge is 2.22. The van der Waals surface area contributed by atoms with Crippen LogP contribution in [0.25, 0.3) is 5.69 Å². The standard InChI is InChI=1S/C15H20N4S/c1-12-8-4-3-7-11-18(12)14-16-17-15(20)19(14)13-9-5-2-6-10-13/h2,5-6,9-10,12H,3-4,7-8,11H2,1H3,(H,17,20). The van der Waals surface area contributed by atoms with Gasteiger partial charge in [0.15, 0.2) is 0 Å². The fraction of sp³-hybridized carbons (Fsp3) is 0.467. The average molecular weight is 288 g/mol. The van der Waals surface area contributed by atoms with Crippen molar-refractivity contribution in [3.05, 3.63) is 35.1 Å². The zero-order valence-corrected chi connectivity index (χ0v) is 12.6. The second-order valence-corrected chi connectivity index (χ2v) is 5.78. The Labute approximate surface area is 124 Å². The Morgan fingerprint density at radius 2 is 2.00 bits per heavy atom. The third-order valence-corrected chi connectivity index (χ3v) is 4.25. The van der Waals surface area contributed by atoms with E-state index in [0.717, 1.165) is 18.2 Å². The molecule has 1 fully saturated rings. The zero-order valence-electron chi connectivity index (χ0n) is 11.7. The molecule has 1 aliphatic heterocycles. The van der Waals surface area contributed by atoms with Gasteiger partial charge in [-0.15, -0.1) is 5.10 Å². The average Bonchev–Trinajstić information content (AvgIpc) is 2.71. The highest BCUT2D eigenvalue weighted by atomic mass is 32.1. The van der Waals surface area contributed by atoms with E-state index >= 15 is 0 Å². The second kappa shape index (κ2) is 5.79. The van der Waals surface area contributed by atoms with Crippen molar-refractivity contribution in [3.8, 4) is 5.69 Å². The van der Waals surface area contributed by atoms with E-state index in [0.29, 0.717) is 10.8 Å².